The highest BCUT2D eigenvalue weighted by Gasteiger charge is 2.19. The molecular formula is C26H30N4O2S. The van der Waals surface area contributed by atoms with Gasteiger partial charge in [0.25, 0.3) is 5.91 Å². The van der Waals surface area contributed by atoms with E-state index in [2.05, 4.69) is 23.1 Å². The number of fused-ring (bicyclic) bond motifs is 1. The molecule has 0 aliphatic carbocycles. The summed E-state index contributed by atoms with van der Waals surface area (Å²) in [5.74, 6) is 1.77. The molecule has 0 radical (unpaired) electrons. The standard InChI is InChI=1S/C26H30N4O2S/c31-26(30-11-4-1-5-12-30)21-8-6-7-20(17-21)19-33-25-22-9-2-3-10-23(22)27-24(28-25)18-29-13-15-32-16-14-29/h2-3,6-10,17H,1,4-5,11-16,18-19H2. The number of ether oxygens (including phenoxy) is 1. The first-order valence-corrected chi connectivity index (χ1v) is 12.8. The van der Waals surface area contributed by atoms with Crippen molar-refractivity contribution in [1.82, 2.24) is 19.8 Å². The molecule has 1 amide bonds. The van der Waals surface area contributed by atoms with Crippen LogP contribution in [0.4, 0.5) is 0 Å². The third-order valence-electron chi connectivity index (χ3n) is 6.28. The van der Waals surface area contributed by atoms with Crippen molar-refractivity contribution in [2.24, 2.45) is 0 Å². The summed E-state index contributed by atoms with van der Waals surface area (Å²) in [7, 11) is 0. The molecule has 7 heteroatoms. The van der Waals surface area contributed by atoms with E-state index in [1.165, 1.54) is 6.42 Å². The van der Waals surface area contributed by atoms with Crippen LogP contribution in [0.15, 0.2) is 53.6 Å². The molecule has 5 rings (SSSR count). The van der Waals surface area contributed by atoms with Crippen molar-refractivity contribution in [1.29, 1.82) is 0 Å². The number of amides is 1. The summed E-state index contributed by atoms with van der Waals surface area (Å²) >= 11 is 1.72. The molecule has 0 N–H and O–H groups in total. The fourth-order valence-electron chi connectivity index (χ4n) is 4.46. The lowest BCUT2D eigenvalue weighted by Crippen LogP contribution is -2.36. The zero-order valence-corrected chi connectivity index (χ0v) is 19.7. The van der Waals surface area contributed by atoms with Gasteiger partial charge >= 0.3 is 0 Å². The normalized spacial score (nSPS) is 17.4. The molecule has 0 unspecified atom stereocenters. The Morgan fingerprint density at radius 3 is 2.61 bits per heavy atom. The number of hydrogen-bond acceptors (Lipinski definition) is 6. The summed E-state index contributed by atoms with van der Waals surface area (Å²) in [5.41, 5.74) is 2.91. The predicted octanol–water partition coefficient (Wildman–Crippen LogP) is 4.38. The van der Waals surface area contributed by atoms with Crippen molar-refractivity contribution in [2.75, 3.05) is 39.4 Å². The van der Waals surface area contributed by atoms with Crippen molar-refractivity contribution < 1.29 is 9.53 Å². The Morgan fingerprint density at radius 1 is 0.939 bits per heavy atom. The van der Waals surface area contributed by atoms with Crippen LogP contribution in [0.2, 0.25) is 0 Å². The zero-order chi connectivity index (χ0) is 22.5. The van der Waals surface area contributed by atoms with Gasteiger partial charge in [0.05, 0.1) is 25.3 Å². The van der Waals surface area contributed by atoms with Crippen molar-refractivity contribution in [2.45, 2.75) is 36.6 Å². The minimum Gasteiger partial charge on any atom is -0.379 e. The van der Waals surface area contributed by atoms with Crippen LogP contribution >= 0.6 is 11.8 Å². The Kier molecular flexibility index (Phi) is 7.19. The first-order valence-electron chi connectivity index (χ1n) is 11.8. The number of morpholine rings is 1. The lowest BCUT2D eigenvalue weighted by Gasteiger charge is -2.26. The molecule has 0 saturated carbocycles. The maximum absolute atomic E-state index is 12.9. The number of carbonyl (C=O) groups is 1. The summed E-state index contributed by atoms with van der Waals surface area (Å²) in [5, 5.41) is 2.07. The van der Waals surface area contributed by atoms with Crippen LogP contribution in [-0.2, 0) is 17.0 Å². The van der Waals surface area contributed by atoms with E-state index in [9.17, 15) is 4.79 Å². The number of likely N-dealkylation sites (tertiary alicyclic amines) is 1. The number of para-hydroxylation sites is 1. The van der Waals surface area contributed by atoms with Gasteiger partial charge in [-0.1, -0.05) is 30.3 Å². The highest BCUT2D eigenvalue weighted by molar-refractivity contribution is 7.98. The molecule has 0 bridgehead atoms. The molecule has 0 spiro atoms. The number of hydrogen-bond donors (Lipinski definition) is 0. The van der Waals surface area contributed by atoms with Gasteiger partial charge in [0.1, 0.15) is 10.9 Å². The van der Waals surface area contributed by atoms with Gasteiger partial charge in [0.2, 0.25) is 0 Å². The number of benzene rings is 2. The van der Waals surface area contributed by atoms with Gasteiger partial charge in [-0.05, 0) is 43.0 Å². The number of carbonyl (C=O) groups excluding carboxylic acids is 1. The number of nitrogens with zero attached hydrogens (tertiary/aromatic N) is 4. The van der Waals surface area contributed by atoms with Gasteiger partial charge in [0, 0.05) is 42.9 Å². The van der Waals surface area contributed by atoms with Gasteiger partial charge in [0.15, 0.2) is 0 Å². The topological polar surface area (TPSA) is 58.6 Å². The lowest BCUT2D eigenvalue weighted by atomic mass is 10.1. The van der Waals surface area contributed by atoms with Crippen molar-refractivity contribution in [3.63, 3.8) is 0 Å². The molecule has 2 aliphatic rings. The van der Waals surface area contributed by atoms with E-state index < -0.39 is 0 Å². The zero-order valence-electron chi connectivity index (χ0n) is 18.9. The highest BCUT2D eigenvalue weighted by Crippen LogP contribution is 2.29. The van der Waals surface area contributed by atoms with Crippen LogP contribution in [-0.4, -0.2) is 65.1 Å². The minimum atomic E-state index is 0.154. The third kappa shape index (κ3) is 5.54. The largest absolute Gasteiger partial charge is 0.379 e. The second kappa shape index (κ2) is 10.6. The highest BCUT2D eigenvalue weighted by atomic mass is 32.2. The van der Waals surface area contributed by atoms with Gasteiger partial charge in [-0.15, -0.1) is 11.8 Å². The molecule has 2 aliphatic heterocycles. The molecule has 3 heterocycles. The fraction of sp³-hybridized carbons (Fsp3) is 0.423. The summed E-state index contributed by atoms with van der Waals surface area (Å²) < 4.78 is 5.47. The van der Waals surface area contributed by atoms with Crippen LogP contribution in [0.5, 0.6) is 0 Å². The molecule has 1 aromatic heterocycles. The summed E-state index contributed by atoms with van der Waals surface area (Å²) in [6, 6.07) is 16.3. The second-order valence-corrected chi connectivity index (χ2v) is 9.66. The van der Waals surface area contributed by atoms with Crippen LogP contribution in [0.1, 0.15) is 41.0 Å². The Balaban J connectivity index is 1.33. The summed E-state index contributed by atoms with van der Waals surface area (Å²) in [6.07, 6.45) is 3.44. The van der Waals surface area contributed by atoms with E-state index in [0.29, 0.717) is 0 Å². The van der Waals surface area contributed by atoms with E-state index in [0.717, 1.165) is 97.4 Å². The Hall–Kier alpha value is -2.48. The predicted molar refractivity (Wildman–Crippen MR) is 131 cm³/mol. The lowest BCUT2D eigenvalue weighted by molar-refractivity contribution is 0.0330. The van der Waals surface area contributed by atoms with Crippen LogP contribution in [0.3, 0.4) is 0 Å². The van der Waals surface area contributed by atoms with E-state index in [4.69, 9.17) is 14.7 Å². The van der Waals surface area contributed by atoms with Gasteiger partial charge in [-0.3, -0.25) is 9.69 Å². The van der Waals surface area contributed by atoms with Crippen molar-refractivity contribution in [3.05, 3.63) is 65.5 Å². The third-order valence-corrected chi connectivity index (χ3v) is 7.34. The number of piperidine rings is 1. The quantitative estimate of drug-likeness (QED) is 0.400. The number of thioether (sulfide) groups is 1. The maximum atomic E-state index is 12.9. The first kappa shape index (κ1) is 22.3. The monoisotopic (exact) mass is 462 g/mol. The van der Waals surface area contributed by atoms with E-state index in [-0.39, 0.29) is 5.91 Å². The molecule has 6 nitrogen and oxygen atoms in total. The van der Waals surface area contributed by atoms with Gasteiger partial charge in [-0.2, -0.15) is 0 Å². The van der Waals surface area contributed by atoms with Crippen LogP contribution in [0, 0.1) is 0 Å². The molecule has 3 aromatic rings. The van der Waals surface area contributed by atoms with E-state index in [1.807, 2.05) is 35.2 Å². The molecule has 172 valence electrons. The summed E-state index contributed by atoms with van der Waals surface area (Å²) in [4.78, 5) is 27.0. The smallest absolute Gasteiger partial charge is 0.253 e. The molecule has 2 saturated heterocycles. The van der Waals surface area contributed by atoms with Gasteiger partial charge in [-0.25, -0.2) is 9.97 Å². The number of aromatic nitrogens is 2. The molecule has 0 atom stereocenters. The molecule has 33 heavy (non-hydrogen) atoms. The molecular weight excluding hydrogens is 432 g/mol. The Morgan fingerprint density at radius 2 is 1.76 bits per heavy atom. The van der Waals surface area contributed by atoms with Crippen LogP contribution in [0.25, 0.3) is 10.9 Å². The average molecular weight is 463 g/mol. The SMILES string of the molecule is O=C(c1cccc(CSc2nc(CN3CCOCC3)nc3ccccc23)c1)N1CCCCC1. The maximum Gasteiger partial charge on any atom is 0.253 e. The van der Waals surface area contributed by atoms with Crippen LogP contribution < -0.4 is 0 Å². The fourth-order valence-corrected chi connectivity index (χ4v) is 5.44. The van der Waals surface area contributed by atoms with Crippen molar-refractivity contribution >= 4 is 28.6 Å². The minimum absolute atomic E-state index is 0.154. The Labute approximate surface area is 199 Å². The molecule has 2 fully saturated rings. The van der Waals surface area contributed by atoms with E-state index in [1.54, 1.807) is 11.8 Å². The van der Waals surface area contributed by atoms with Crippen molar-refractivity contribution in [3.8, 4) is 0 Å². The second-order valence-electron chi connectivity index (χ2n) is 8.69. The number of rotatable bonds is 6. The summed E-state index contributed by atoms with van der Waals surface area (Å²) in [6.45, 7) is 5.84. The van der Waals surface area contributed by atoms with E-state index >= 15 is 0 Å². The molecule has 2 aromatic carbocycles. The average Bonchev–Trinajstić information content (AvgIpc) is 2.88. The van der Waals surface area contributed by atoms with Gasteiger partial charge < -0.3 is 9.64 Å². The first-order chi connectivity index (χ1) is 16.3. The Bertz CT molecular complexity index is 1110.